The Morgan fingerprint density at radius 1 is 1.38 bits per heavy atom. The lowest BCUT2D eigenvalue weighted by Crippen LogP contribution is -1.98. The average Bonchev–Trinajstić information content (AvgIpc) is 2.21. The summed E-state index contributed by atoms with van der Waals surface area (Å²) in [5, 5.41) is 11.9. The summed E-state index contributed by atoms with van der Waals surface area (Å²) in [7, 11) is 0. The molecule has 3 heteroatoms. The van der Waals surface area contributed by atoms with E-state index in [0.717, 1.165) is 17.5 Å². The second-order valence-corrected chi connectivity index (χ2v) is 3.00. The van der Waals surface area contributed by atoms with E-state index in [1.54, 1.807) is 0 Å². The molecule has 0 aliphatic heterocycles. The van der Waals surface area contributed by atoms with Gasteiger partial charge in [0.05, 0.1) is 5.71 Å². The van der Waals surface area contributed by atoms with Gasteiger partial charge in [-0.2, -0.15) is 0 Å². The minimum Gasteiger partial charge on any atom is -0.411 e. The minimum atomic E-state index is 0.512. The van der Waals surface area contributed by atoms with E-state index < -0.39 is 0 Å². The van der Waals surface area contributed by atoms with Crippen LogP contribution in [0.2, 0.25) is 0 Å². The monoisotopic (exact) mass is 197 g/mol. The Morgan fingerprint density at radius 3 is 2.38 bits per heavy atom. The van der Waals surface area contributed by atoms with Gasteiger partial charge in [-0.25, -0.2) is 0 Å². The summed E-state index contributed by atoms with van der Waals surface area (Å²) in [6.07, 6.45) is 0.719. The molecule has 1 aromatic carbocycles. The average molecular weight is 198 g/mol. The van der Waals surface area contributed by atoms with Gasteiger partial charge in [-0.1, -0.05) is 36.3 Å². The van der Waals surface area contributed by atoms with Crippen molar-refractivity contribution in [3.63, 3.8) is 0 Å². The van der Waals surface area contributed by atoms with Crippen LogP contribution >= 0.6 is 11.6 Å². The zero-order chi connectivity index (χ0) is 9.68. The molecular formula is C10H12ClNO. The van der Waals surface area contributed by atoms with Gasteiger partial charge in [0.1, 0.15) is 0 Å². The largest absolute Gasteiger partial charge is 0.411 e. The van der Waals surface area contributed by atoms with Crippen LogP contribution < -0.4 is 0 Å². The van der Waals surface area contributed by atoms with E-state index >= 15 is 0 Å². The van der Waals surface area contributed by atoms with E-state index in [-0.39, 0.29) is 0 Å². The molecule has 0 aliphatic rings. The molecule has 0 amide bonds. The Bertz CT molecular complexity index is 292. The molecule has 0 saturated carbocycles. The van der Waals surface area contributed by atoms with E-state index in [4.69, 9.17) is 16.8 Å². The van der Waals surface area contributed by atoms with Gasteiger partial charge in [-0.05, 0) is 17.5 Å². The Morgan fingerprint density at radius 2 is 2.00 bits per heavy atom. The maximum Gasteiger partial charge on any atom is 0.0865 e. The number of halogens is 1. The van der Waals surface area contributed by atoms with Gasteiger partial charge < -0.3 is 5.21 Å². The highest BCUT2D eigenvalue weighted by Gasteiger charge is 2.00. The molecule has 0 saturated heterocycles. The van der Waals surface area contributed by atoms with Crippen molar-refractivity contribution >= 4 is 17.3 Å². The third-order valence-electron chi connectivity index (χ3n) is 1.90. The molecule has 0 spiro atoms. The number of hydrogen-bond acceptors (Lipinski definition) is 2. The Hall–Kier alpha value is -1.02. The predicted molar refractivity (Wildman–Crippen MR) is 54.6 cm³/mol. The van der Waals surface area contributed by atoms with Gasteiger partial charge in [-0.3, -0.25) is 0 Å². The normalized spacial score (nSPS) is 11.7. The molecule has 0 aromatic heterocycles. The second-order valence-electron chi connectivity index (χ2n) is 2.73. The molecule has 0 bridgehead atoms. The van der Waals surface area contributed by atoms with Crippen LogP contribution in [0.15, 0.2) is 29.4 Å². The summed E-state index contributed by atoms with van der Waals surface area (Å²) in [5.41, 5.74) is 2.71. The fourth-order valence-corrected chi connectivity index (χ4v) is 1.30. The fraction of sp³-hybridized carbons (Fsp3) is 0.300. The molecule has 0 aliphatic carbocycles. The Balaban J connectivity index is 2.91. The number of benzene rings is 1. The summed E-state index contributed by atoms with van der Waals surface area (Å²) in [4.78, 5) is 0. The SMILES string of the molecule is CCC(=NO)c1ccc(CCl)cc1. The Kier molecular flexibility index (Phi) is 3.77. The molecule has 13 heavy (non-hydrogen) atoms. The first-order valence-corrected chi connectivity index (χ1v) is 4.71. The number of alkyl halides is 1. The van der Waals surface area contributed by atoms with Crippen LogP contribution in [0, 0.1) is 0 Å². The maximum absolute atomic E-state index is 8.67. The first-order valence-electron chi connectivity index (χ1n) is 4.18. The molecule has 2 nitrogen and oxygen atoms in total. The zero-order valence-corrected chi connectivity index (χ0v) is 8.25. The molecule has 1 rings (SSSR count). The van der Waals surface area contributed by atoms with Crippen LogP contribution in [0.3, 0.4) is 0 Å². The first kappa shape index (κ1) is 10.1. The highest BCUT2D eigenvalue weighted by atomic mass is 35.5. The van der Waals surface area contributed by atoms with Crippen molar-refractivity contribution in [2.75, 3.05) is 0 Å². The van der Waals surface area contributed by atoms with Crippen molar-refractivity contribution in [1.29, 1.82) is 0 Å². The first-order chi connectivity index (χ1) is 6.31. The molecule has 70 valence electrons. The molecular weight excluding hydrogens is 186 g/mol. The van der Waals surface area contributed by atoms with Crippen LogP contribution in [-0.2, 0) is 5.88 Å². The summed E-state index contributed by atoms with van der Waals surface area (Å²) in [5.74, 6) is 0.512. The highest BCUT2D eigenvalue weighted by molar-refractivity contribution is 6.17. The summed E-state index contributed by atoms with van der Waals surface area (Å²) in [6.45, 7) is 1.95. The van der Waals surface area contributed by atoms with Gasteiger partial charge >= 0.3 is 0 Å². The number of oxime groups is 1. The molecule has 1 aromatic rings. The van der Waals surface area contributed by atoms with Gasteiger partial charge in [-0.15, -0.1) is 11.6 Å². The lowest BCUT2D eigenvalue weighted by molar-refractivity contribution is 0.318. The van der Waals surface area contributed by atoms with E-state index in [1.165, 1.54) is 0 Å². The van der Waals surface area contributed by atoms with Gasteiger partial charge in [0.2, 0.25) is 0 Å². The highest BCUT2D eigenvalue weighted by Crippen LogP contribution is 2.09. The van der Waals surface area contributed by atoms with Crippen LogP contribution in [0.25, 0.3) is 0 Å². The Labute approximate surface area is 82.8 Å². The van der Waals surface area contributed by atoms with E-state index in [9.17, 15) is 0 Å². The fourth-order valence-electron chi connectivity index (χ4n) is 1.12. The number of nitrogens with zero attached hydrogens (tertiary/aromatic N) is 1. The van der Waals surface area contributed by atoms with Crippen LogP contribution in [0.1, 0.15) is 24.5 Å². The standard InChI is InChI=1S/C10H12ClNO/c1-2-10(12-13)9-5-3-8(7-11)4-6-9/h3-6,13H,2,7H2,1H3. The van der Waals surface area contributed by atoms with Crippen LogP contribution in [0.4, 0.5) is 0 Å². The summed E-state index contributed by atoms with van der Waals surface area (Å²) < 4.78 is 0. The van der Waals surface area contributed by atoms with Crippen molar-refractivity contribution in [2.24, 2.45) is 5.16 Å². The van der Waals surface area contributed by atoms with Crippen molar-refractivity contribution in [1.82, 2.24) is 0 Å². The second kappa shape index (κ2) is 4.87. The van der Waals surface area contributed by atoms with Crippen molar-refractivity contribution in [3.8, 4) is 0 Å². The molecule has 0 fully saturated rings. The summed E-state index contributed by atoms with van der Waals surface area (Å²) >= 11 is 5.65. The third-order valence-corrected chi connectivity index (χ3v) is 2.21. The van der Waals surface area contributed by atoms with Crippen molar-refractivity contribution in [2.45, 2.75) is 19.2 Å². The predicted octanol–water partition coefficient (Wildman–Crippen LogP) is 3.01. The number of hydrogen-bond donors (Lipinski definition) is 1. The maximum atomic E-state index is 8.67. The molecule has 0 radical (unpaired) electrons. The molecule has 1 N–H and O–H groups in total. The van der Waals surface area contributed by atoms with Gasteiger partial charge in [0.15, 0.2) is 0 Å². The third kappa shape index (κ3) is 2.46. The summed E-state index contributed by atoms with van der Waals surface area (Å²) in [6, 6.07) is 7.69. The van der Waals surface area contributed by atoms with E-state index in [1.807, 2.05) is 31.2 Å². The smallest absolute Gasteiger partial charge is 0.0865 e. The van der Waals surface area contributed by atoms with Gasteiger partial charge in [0, 0.05) is 5.88 Å². The van der Waals surface area contributed by atoms with Crippen LogP contribution in [-0.4, -0.2) is 10.9 Å². The molecule has 0 atom stereocenters. The lowest BCUT2D eigenvalue weighted by Gasteiger charge is -2.01. The van der Waals surface area contributed by atoms with Crippen LogP contribution in [0.5, 0.6) is 0 Å². The quantitative estimate of drug-likeness (QED) is 0.344. The lowest BCUT2D eigenvalue weighted by atomic mass is 10.1. The van der Waals surface area contributed by atoms with E-state index in [0.29, 0.717) is 11.6 Å². The minimum absolute atomic E-state index is 0.512. The number of rotatable bonds is 3. The zero-order valence-electron chi connectivity index (χ0n) is 7.50. The van der Waals surface area contributed by atoms with E-state index in [2.05, 4.69) is 5.16 Å². The molecule has 0 unspecified atom stereocenters. The van der Waals surface area contributed by atoms with Crippen molar-refractivity contribution in [3.05, 3.63) is 35.4 Å². The molecule has 0 heterocycles. The van der Waals surface area contributed by atoms with Gasteiger partial charge in [0.25, 0.3) is 0 Å². The topological polar surface area (TPSA) is 32.6 Å². The van der Waals surface area contributed by atoms with Crippen molar-refractivity contribution < 1.29 is 5.21 Å².